The summed E-state index contributed by atoms with van der Waals surface area (Å²) in [5, 5.41) is 5.30. The molecule has 1 aliphatic heterocycles. The van der Waals surface area contributed by atoms with Crippen LogP contribution in [0.4, 0.5) is 5.82 Å². The second-order valence-electron chi connectivity index (χ2n) is 5.02. The largest absolute Gasteiger partial charge is 0.383 e. The normalized spacial score (nSPS) is 17.0. The number of ether oxygens (including phenoxy) is 1. The van der Waals surface area contributed by atoms with Crippen LogP contribution in [0.5, 0.6) is 0 Å². The van der Waals surface area contributed by atoms with Gasteiger partial charge in [0, 0.05) is 46.9 Å². The highest BCUT2D eigenvalue weighted by atomic mass is 16.5. The molecule has 7 heteroatoms. The minimum absolute atomic E-state index is 0.792. The number of aryl methyl sites for hydroxylation is 1. The molecule has 108 valence electrons. The van der Waals surface area contributed by atoms with Gasteiger partial charge < -0.3 is 9.64 Å². The highest BCUT2D eigenvalue weighted by Gasteiger charge is 2.20. The number of hydrogen-bond donors (Lipinski definition) is 0. The van der Waals surface area contributed by atoms with Crippen LogP contribution in [0.3, 0.4) is 0 Å². The minimum atomic E-state index is 0.792. The lowest BCUT2D eigenvalue weighted by atomic mass is 10.3. The molecule has 0 aromatic carbocycles. The van der Waals surface area contributed by atoms with Crippen LogP contribution in [0, 0.1) is 0 Å². The molecule has 1 aliphatic rings. The molecule has 3 rings (SSSR count). The van der Waals surface area contributed by atoms with Crippen LogP contribution in [-0.4, -0.2) is 71.1 Å². The third-order valence-electron chi connectivity index (χ3n) is 3.79. The Hall–Kier alpha value is -1.73. The average Bonchev–Trinajstić information content (AvgIpc) is 2.87. The van der Waals surface area contributed by atoms with Gasteiger partial charge in [0.25, 0.3) is 0 Å². The molecule has 7 nitrogen and oxygen atoms in total. The van der Waals surface area contributed by atoms with Gasteiger partial charge in [0.2, 0.25) is 0 Å². The fraction of sp³-hybridized carbons (Fsp3) is 0.615. The van der Waals surface area contributed by atoms with Gasteiger partial charge in [0.05, 0.1) is 18.2 Å². The Kier molecular flexibility index (Phi) is 3.79. The average molecular weight is 276 g/mol. The molecule has 0 unspecified atom stereocenters. The number of anilines is 1. The van der Waals surface area contributed by atoms with Crippen molar-refractivity contribution in [2.75, 3.05) is 51.3 Å². The predicted molar refractivity (Wildman–Crippen MR) is 76.8 cm³/mol. The van der Waals surface area contributed by atoms with Crippen LogP contribution in [0.25, 0.3) is 11.0 Å². The number of hydrogen-bond acceptors (Lipinski definition) is 6. The Morgan fingerprint density at radius 1 is 1.20 bits per heavy atom. The second-order valence-corrected chi connectivity index (χ2v) is 5.02. The van der Waals surface area contributed by atoms with Crippen molar-refractivity contribution >= 4 is 16.9 Å². The van der Waals surface area contributed by atoms with Gasteiger partial charge in [-0.1, -0.05) is 0 Å². The maximum absolute atomic E-state index is 5.13. The van der Waals surface area contributed by atoms with E-state index >= 15 is 0 Å². The van der Waals surface area contributed by atoms with Crippen LogP contribution in [0.2, 0.25) is 0 Å². The van der Waals surface area contributed by atoms with Crippen molar-refractivity contribution in [3.63, 3.8) is 0 Å². The lowest BCUT2D eigenvalue weighted by Crippen LogP contribution is -2.47. The lowest BCUT2D eigenvalue weighted by molar-refractivity contribution is 0.144. The maximum atomic E-state index is 5.13. The summed E-state index contributed by atoms with van der Waals surface area (Å²) in [4.78, 5) is 13.5. The zero-order chi connectivity index (χ0) is 13.9. The van der Waals surface area contributed by atoms with E-state index in [0.29, 0.717) is 0 Å². The first kappa shape index (κ1) is 13.3. The van der Waals surface area contributed by atoms with E-state index in [1.54, 1.807) is 18.1 Å². The standard InChI is InChI=1S/C13H20N6O/c1-17-12-11(9-16-17)13(15-10-14-12)19-5-3-18(4-6-19)7-8-20-2/h9-10H,3-8H2,1-2H3. The monoisotopic (exact) mass is 276 g/mol. The summed E-state index contributed by atoms with van der Waals surface area (Å²) in [7, 11) is 3.65. The van der Waals surface area contributed by atoms with E-state index in [4.69, 9.17) is 4.74 Å². The number of aromatic nitrogens is 4. The van der Waals surface area contributed by atoms with E-state index < -0.39 is 0 Å². The number of piperazine rings is 1. The van der Waals surface area contributed by atoms with E-state index in [1.807, 2.05) is 13.2 Å². The molecular weight excluding hydrogens is 256 g/mol. The summed E-state index contributed by atoms with van der Waals surface area (Å²) < 4.78 is 6.92. The van der Waals surface area contributed by atoms with Crippen LogP contribution >= 0.6 is 0 Å². The maximum Gasteiger partial charge on any atom is 0.163 e. The fourth-order valence-electron chi connectivity index (χ4n) is 2.61. The molecule has 20 heavy (non-hydrogen) atoms. The van der Waals surface area contributed by atoms with Crippen molar-refractivity contribution < 1.29 is 4.74 Å². The van der Waals surface area contributed by atoms with E-state index in [9.17, 15) is 0 Å². The van der Waals surface area contributed by atoms with Crippen molar-refractivity contribution in [3.05, 3.63) is 12.5 Å². The lowest BCUT2D eigenvalue weighted by Gasteiger charge is -2.35. The summed E-state index contributed by atoms with van der Waals surface area (Å²) in [6.07, 6.45) is 3.47. The summed E-state index contributed by atoms with van der Waals surface area (Å²) in [5.74, 6) is 0.995. The molecule has 0 bridgehead atoms. The van der Waals surface area contributed by atoms with Gasteiger partial charge >= 0.3 is 0 Å². The molecule has 0 N–H and O–H groups in total. The van der Waals surface area contributed by atoms with Gasteiger partial charge in [-0.2, -0.15) is 5.10 Å². The van der Waals surface area contributed by atoms with E-state index in [1.165, 1.54) is 0 Å². The summed E-state index contributed by atoms with van der Waals surface area (Å²) in [5.41, 5.74) is 0.886. The highest BCUT2D eigenvalue weighted by Crippen LogP contribution is 2.22. The van der Waals surface area contributed by atoms with Gasteiger partial charge in [-0.3, -0.25) is 9.58 Å². The van der Waals surface area contributed by atoms with Crippen LogP contribution in [0.1, 0.15) is 0 Å². The predicted octanol–water partition coefficient (Wildman–Crippen LogP) is 0.132. The second kappa shape index (κ2) is 5.72. The molecule has 0 saturated carbocycles. The molecule has 1 saturated heterocycles. The topological polar surface area (TPSA) is 59.3 Å². The third-order valence-corrected chi connectivity index (χ3v) is 3.79. The van der Waals surface area contributed by atoms with Crippen molar-refractivity contribution in [1.82, 2.24) is 24.6 Å². The first-order valence-corrected chi connectivity index (χ1v) is 6.88. The van der Waals surface area contributed by atoms with Gasteiger partial charge in [0.15, 0.2) is 5.65 Å². The minimum Gasteiger partial charge on any atom is -0.383 e. The Balaban J connectivity index is 1.73. The van der Waals surface area contributed by atoms with Crippen molar-refractivity contribution in [3.8, 4) is 0 Å². The molecule has 0 radical (unpaired) electrons. The van der Waals surface area contributed by atoms with Crippen molar-refractivity contribution in [1.29, 1.82) is 0 Å². The third kappa shape index (κ3) is 2.46. The van der Waals surface area contributed by atoms with Crippen molar-refractivity contribution in [2.24, 2.45) is 7.05 Å². The summed E-state index contributed by atoms with van der Waals surface area (Å²) in [6, 6.07) is 0. The van der Waals surface area contributed by atoms with Gasteiger partial charge in [-0.25, -0.2) is 9.97 Å². The van der Waals surface area contributed by atoms with E-state index in [-0.39, 0.29) is 0 Å². The molecule has 0 amide bonds. The van der Waals surface area contributed by atoms with Crippen LogP contribution < -0.4 is 4.90 Å². The number of fused-ring (bicyclic) bond motifs is 1. The quantitative estimate of drug-likeness (QED) is 0.791. The van der Waals surface area contributed by atoms with Gasteiger partial charge in [-0.05, 0) is 0 Å². The Labute approximate surface area is 118 Å². The fourth-order valence-corrected chi connectivity index (χ4v) is 2.61. The molecule has 0 atom stereocenters. The Morgan fingerprint density at radius 2 is 2.00 bits per heavy atom. The Morgan fingerprint density at radius 3 is 2.75 bits per heavy atom. The first-order valence-electron chi connectivity index (χ1n) is 6.88. The molecule has 3 heterocycles. The Bertz CT molecular complexity index is 575. The molecule has 1 fully saturated rings. The number of nitrogens with zero attached hydrogens (tertiary/aromatic N) is 6. The summed E-state index contributed by atoms with van der Waals surface area (Å²) >= 11 is 0. The number of rotatable bonds is 4. The van der Waals surface area contributed by atoms with E-state index in [2.05, 4.69) is 24.9 Å². The van der Waals surface area contributed by atoms with Gasteiger partial charge in [-0.15, -0.1) is 0 Å². The number of methoxy groups -OCH3 is 1. The smallest absolute Gasteiger partial charge is 0.163 e. The zero-order valence-corrected chi connectivity index (χ0v) is 12.0. The van der Waals surface area contributed by atoms with Gasteiger partial charge in [0.1, 0.15) is 12.1 Å². The van der Waals surface area contributed by atoms with Crippen LogP contribution in [0.15, 0.2) is 12.5 Å². The SMILES string of the molecule is COCCN1CCN(c2ncnc3c2cnn3C)CC1. The van der Waals surface area contributed by atoms with Crippen molar-refractivity contribution in [2.45, 2.75) is 0 Å². The molecule has 2 aromatic rings. The molecule has 2 aromatic heterocycles. The molecular formula is C13H20N6O. The highest BCUT2D eigenvalue weighted by molar-refractivity contribution is 5.86. The summed E-state index contributed by atoms with van der Waals surface area (Å²) in [6.45, 7) is 5.82. The van der Waals surface area contributed by atoms with E-state index in [0.717, 1.165) is 56.2 Å². The zero-order valence-electron chi connectivity index (χ0n) is 12.0. The first-order chi connectivity index (χ1) is 9.79. The van der Waals surface area contributed by atoms with Crippen LogP contribution in [-0.2, 0) is 11.8 Å². The molecule has 0 aliphatic carbocycles. The molecule has 0 spiro atoms.